The van der Waals surface area contributed by atoms with Crippen LogP contribution in [0.25, 0.3) is 11.1 Å². The molecule has 8 heteroatoms. The van der Waals surface area contributed by atoms with E-state index in [2.05, 4.69) is 15.0 Å². The molecule has 0 fully saturated rings. The number of nitrogens with zero attached hydrogens (tertiary/aromatic N) is 4. The number of hydrogen-bond donors (Lipinski definition) is 1. The second-order valence-corrected chi connectivity index (χ2v) is 7.33. The van der Waals surface area contributed by atoms with Gasteiger partial charge in [-0.1, -0.05) is 0 Å². The Bertz CT molecular complexity index is 1110. The van der Waals surface area contributed by atoms with Crippen molar-refractivity contribution < 1.29 is 13.6 Å². The van der Waals surface area contributed by atoms with Crippen molar-refractivity contribution in [2.24, 2.45) is 12.8 Å². The maximum Gasteiger partial charge on any atom is 0.267 e. The van der Waals surface area contributed by atoms with Gasteiger partial charge in [-0.15, -0.1) is 0 Å². The number of fused-ring (bicyclic) bond motifs is 1. The van der Waals surface area contributed by atoms with Crippen LogP contribution in [0.4, 0.5) is 8.78 Å². The van der Waals surface area contributed by atoms with Crippen LogP contribution in [0.2, 0.25) is 0 Å². The highest BCUT2D eigenvalue weighted by Gasteiger charge is 2.25. The molecule has 29 heavy (non-hydrogen) atoms. The molecule has 1 amide bonds. The molecule has 150 valence electrons. The van der Waals surface area contributed by atoms with Crippen LogP contribution in [-0.2, 0) is 26.6 Å². The molecule has 2 N–H and O–H groups in total. The smallest absolute Gasteiger partial charge is 0.267 e. The standard InChI is InChI=1S/C21H21F2N5O/c1-12-7-14(27(2)26-12)10-28-6-5-16-17(15-4-3-13(22)8-18(15)23)9-19(21(24)29)25-20(16)11-28/h3-4,7-9H,5-6,10-11H2,1-2H3,(H2,24,29). The Morgan fingerprint density at radius 2 is 2.00 bits per heavy atom. The summed E-state index contributed by atoms with van der Waals surface area (Å²) in [5, 5.41) is 4.37. The predicted molar refractivity (Wildman–Crippen MR) is 104 cm³/mol. The van der Waals surface area contributed by atoms with Crippen LogP contribution in [0.3, 0.4) is 0 Å². The van der Waals surface area contributed by atoms with Crippen LogP contribution in [0.15, 0.2) is 30.3 Å². The maximum atomic E-state index is 14.5. The van der Waals surface area contributed by atoms with Gasteiger partial charge in [-0.3, -0.25) is 14.4 Å². The first-order valence-electron chi connectivity index (χ1n) is 9.31. The van der Waals surface area contributed by atoms with Crippen molar-refractivity contribution in [2.45, 2.75) is 26.4 Å². The zero-order valence-electron chi connectivity index (χ0n) is 16.2. The summed E-state index contributed by atoms with van der Waals surface area (Å²) >= 11 is 0. The average Bonchev–Trinajstić information content (AvgIpc) is 2.97. The monoisotopic (exact) mass is 397 g/mol. The molecule has 1 aliphatic rings. The Balaban J connectivity index is 1.73. The van der Waals surface area contributed by atoms with Crippen molar-refractivity contribution in [3.05, 3.63) is 70.3 Å². The second-order valence-electron chi connectivity index (χ2n) is 7.33. The molecule has 0 spiro atoms. The zero-order chi connectivity index (χ0) is 20.7. The van der Waals surface area contributed by atoms with E-state index >= 15 is 0 Å². The van der Waals surface area contributed by atoms with Gasteiger partial charge in [0, 0.05) is 38.3 Å². The van der Waals surface area contributed by atoms with Gasteiger partial charge in [0.2, 0.25) is 0 Å². The predicted octanol–water partition coefficient (Wildman–Crippen LogP) is 2.73. The molecule has 0 radical (unpaired) electrons. The van der Waals surface area contributed by atoms with Gasteiger partial charge in [0.1, 0.15) is 17.3 Å². The fourth-order valence-corrected chi connectivity index (χ4v) is 3.85. The summed E-state index contributed by atoms with van der Waals surface area (Å²) in [6, 6.07) is 6.95. The number of aryl methyl sites for hydroxylation is 2. The van der Waals surface area contributed by atoms with E-state index in [0.29, 0.717) is 30.8 Å². The van der Waals surface area contributed by atoms with Gasteiger partial charge < -0.3 is 5.73 Å². The minimum atomic E-state index is -0.684. The lowest BCUT2D eigenvalue weighted by molar-refractivity contribution is 0.0994. The van der Waals surface area contributed by atoms with Crippen LogP contribution in [-0.4, -0.2) is 32.1 Å². The van der Waals surface area contributed by atoms with Crippen molar-refractivity contribution in [2.75, 3.05) is 6.54 Å². The van der Waals surface area contributed by atoms with Gasteiger partial charge >= 0.3 is 0 Å². The van der Waals surface area contributed by atoms with Crippen LogP contribution in [0.5, 0.6) is 0 Å². The van der Waals surface area contributed by atoms with Gasteiger partial charge in [0.25, 0.3) is 5.91 Å². The first-order valence-corrected chi connectivity index (χ1v) is 9.31. The van der Waals surface area contributed by atoms with E-state index in [-0.39, 0.29) is 11.3 Å². The topological polar surface area (TPSA) is 77.0 Å². The molecule has 4 rings (SSSR count). The summed E-state index contributed by atoms with van der Waals surface area (Å²) in [6.07, 6.45) is 0.629. The fourth-order valence-electron chi connectivity index (χ4n) is 3.85. The number of benzene rings is 1. The summed E-state index contributed by atoms with van der Waals surface area (Å²) < 4.78 is 29.7. The number of hydrogen-bond acceptors (Lipinski definition) is 4. The lowest BCUT2D eigenvalue weighted by Gasteiger charge is -2.29. The van der Waals surface area contributed by atoms with Crippen LogP contribution in [0, 0.1) is 18.6 Å². The number of pyridine rings is 1. The van der Waals surface area contributed by atoms with E-state index in [4.69, 9.17) is 5.73 Å². The van der Waals surface area contributed by atoms with Crippen molar-refractivity contribution in [1.29, 1.82) is 0 Å². The van der Waals surface area contributed by atoms with Gasteiger partial charge in [0.05, 0.1) is 17.1 Å². The molecule has 0 bridgehead atoms. The summed E-state index contributed by atoms with van der Waals surface area (Å²) in [5.74, 6) is -2.01. The highest BCUT2D eigenvalue weighted by Crippen LogP contribution is 2.32. The third-order valence-corrected chi connectivity index (χ3v) is 5.22. The minimum Gasteiger partial charge on any atom is -0.364 e. The molecule has 0 saturated carbocycles. The Morgan fingerprint density at radius 3 is 2.66 bits per heavy atom. The zero-order valence-corrected chi connectivity index (χ0v) is 16.2. The number of aromatic nitrogens is 3. The number of halogens is 2. The van der Waals surface area contributed by atoms with Crippen molar-refractivity contribution >= 4 is 5.91 Å². The molecule has 6 nitrogen and oxygen atoms in total. The lowest BCUT2D eigenvalue weighted by atomic mass is 9.92. The molecular formula is C21H21F2N5O. The summed E-state index contributed by atoms with van der Waals surface area (Å²) in [5.41, 5.74) is 9.87. The molecule has 0 unspecified atom stereocenters. The summed E-state index contributed by atoms with van der Waals surface area (Å²) in [7, 11) is 1.90. The fraction of sp³-hybridized carbons (Fsp3) is 0.286. The SMILES string of the molecule is Cc1cc(CN2CCc3c(-c4ccc(F)cc4F)cc(C(N)=O)nc3C2)n(C)n1. The van der Waals surface area contributed by atoms with E-state index in [9.17, 15) is 13.6 Å². The number of carbonyl (C=O) groups excluding carboxylic acids is 1. The third-order valence-electron chi connectivity index (χ3n) is 5.22. The normalized spacial score (nSPS) is 14.1. The molecule has 0 aliphatic carbocycles. The Labute approximate surface area is 167 Å². The van der Waals surface area contributed by atoms with Gasteiger partial charge in [-0.2, -0.15) is 5.10 Å². The Morgan fingerprint density at radius 1 is 1.21 bits per heavy atom. The number of rotatable bonds is 4. The van der Waals surface area contributed by atoms with Crippen molar-refractivity contribution in [3.8, 4) is 11.1 Å². The molecule has 3 heterocycles. The van der Waals surface area contributed by atoms with Gasteiger partial charge in [-0.25, -0.2) is 13.8 Å². The van der Waals surface area contributed by atoms with Gasteiger partial charge in [-0.05, 0) is 48.7 Å². The Hall–Kier alpha value is -3.13. The van der Waals surface area contributed by atoms with Crippen molar-refractivity contribution in [1.82, 2.24) is 19.7 Å². The number of amides is 1. The van der Waals surface area contributed by atoms with E-state index in [1.54, 1.807) is 0 Å². The number of primary amides is 1. The summed E-state index contributed by atoms with van der Waals surface area (Å²) in [4.78, 5) is 18.4. The Kier molecular flexibility index (Phi) is 4.87. The minimum absolute atomic E-state index is 0.0701. The molecular weight excluding hydrogens is 376 g/mol. The molecule has 1 aromatic carbocycles. The molecule has 3 aromatic rings. The maximum absolute atomic E-state index is 14.5. The lowest BCUT2D eigenvalue weighted by Crippen LogP contribution is -2.32. The quantitative estimate of drug-likeness (QED) is 0.734. The largest absolute Gasteiger partial charge is 0.364 e. The van der Waals surface area contributed by atoms with Crippen LogP contribution < -0.4 is 5.73 Å². The van der Waals surface area contributed by atoms with E-state index in [1.807, 2.05) is 24.7 Å². The first kappa shape index (κ1) is 19.2. The van der Waals surface area contributed by atoms with Crippen LogP contribution in [0.1, 0.15) is 33.1 Å². The van der Waals surface area contributed by atoms with Gasteiger partial charge in [0.15, 0.2) is 0 Å². The second kappa shape index (κ2) is 7.36. The number of carbonyl (C=O) groups is 1. The highest BCUT2D eigenvalue weighted by atomic mass is 19.1. The summed E-state index contributed by atoms with van der Waals surface area (Å²) in [6.45, 7) is 3.86. The third kappa shape index (κ3) is 3.75. The molecule has 0 atom stereocenters. The molecule has 0 saturated heterocycles. The van der Waals surface area contributed by atoms with E-state index in [1.165, 1.54) is 18.2 Å². The van der Waals surface area contributed by atoms with Crippen LogP contribution >= 0.6 is 0 Å². The van der Waals surface area contributed by atoms with Crippen molar-refractivity contribution in [3.63, 3.8) is 0 Å². The molecule has 2 aromatic heterocycles. The average molecular weight is 397 g/mol. The van der Waals surface area contributed by atoms with E-state index in [0.717, 1.165) is 29.6 Å². The highest BCUT2D eigenvalue weighted by molar-refractivity contribution is 5.92. The van der Waals surface area contributed by atoms with E-state index < -0.39 is 17.5 Å². The molecule has 1 aliphatic heterocycles. The number of nitrogens with two attached hydrogens (primary N) is 1. The first-order chi connectivity index (χ1) is 13.8.